The van der Waals surface area contributed by atoms with Gasteiger partial charge in [-0.25, -0.2) is 4.39 Å². The summed E-state index contributed by atoms with van der Waals surface area (Å²) in [6, 6.07) is 8.03. The standard InChI is InChI=1S/C16H12BrF3NO3P/c17-14-6-9(1-3-13(14)16(19,20)25(22,23)24)5-10-8-21-15-4-2-11(18)7-12(10)15/h1-4,6-8,21H,5H2,(H2,22,23,24). The molecule has 0 bridgehead atoms. The lowest BCUT2D eigenvalue weighted by molar-refractivity contribution is 0.0557. The van der Waals surface area contributed by atoms with E-state index in [-0.39, 0.29) is 10.3 Å². The number of alkyl halides is 2. The molecule has 2 aromatic carbocycles. The molecule has 4 nitrogen and oxygen atoms in total. The number of hydrogen-bond donors (Lipinski definition) is 3. The Labute approximate surface area is 149 Å². The van der Waals surface area contributed by atoms with Crippen LogP contribution in [0.5, 0.6) is 0 Å². The van der Waals surface area contributed by atoms with Gasteiger partial charge < -0.3 is 14.8 Å². The van der Waals surface area contributed by atoms with Crippen molar-refractivity contribution in [1.29, 1.82) is 0 Å². The maximum absolute atomic E-state index is 13.8. The zero-order valence-electron chi connectivity index (χ0n) is 12.5. The molecule has 0 aliphatic carbocycles. The van der Waals surface area contributed by atoms with Gasteiger partial charge in [0.15, 0.2) is 0 Å². The Hall–Kier alpha value is -1.60. The Morgan fingerprint density at radius 3 is 2.52 bits per heavy atom. The van der Waals surface area contributed by atoms with Gasteiger partial charge in [0.1, 0.15) is 5.82 Å². The van der Waals surface area contributed by atoms with Crippen LogP contribution in [-0.2, 0) is 16.6 Å². The fourth-order valence-corrected chi connectivity index (χ4v) is 3.92. The number of rotatable bonds is 4. The molecule has 3 aromatic rings. The van der Waals surface area contributed by atoms with Crippen molar-refractivity contribution in [2.24, 2.45) is 0 Å². The van der Waals surface area contributed by atoms with Crippen LogP contribution in [0.4, 0.5) is 13.2 Å². The third kappa shape index (κ3) is 3.40. The van der Waals surface area contributed by atoms with E-state index in [9.17, 15) is 17.7 Å². The molecule has 0 saturated heterocycles. The van der Waals surface area contributed by atoms with E-state index < -0.39 is 18.8 Å². The summed E-state index contributed by atoms with van der Waals surface area (Å²) in [5.41, 5.74) is -2.92. The van der Waals surface area contributed by atoms with Crippen molar-refractivity contribution in [3.05, 3.63) is 69.6 Å². The van der Waals surface area contributed by atoms with Crippen LogP contribution in [-0.4, -0.2) is 14.8 Å². The molecular weight excluding hydrogens is 422 g/mol. The monoisotopic (exact) mass is 433 g/mol. The fraction of sp³-hybridized carbons (Fsp3) is 0.125. The molecule has 0 radical (unpaired) electrons. The zero-order valence-corrected chi connectivity index (χ0v) is 15.0. The molecule has 0 spiro atoms. The van der Waals surface area contributed by atoms with Gasteiger partial charge in [0.25, 0.3) is 0 Å². The van der Waals surface area contributed by atoms with Crippen LogP contribution in [0.2, 0.25) is 0 Å². The summed E-state index contributed by atoms with van der Waals surface area (Å²) in [6.07, 6.45) is 2.04. The Bertz CT molecular complexity index is 999. The third-order valence-electron chi connectivity index (χ3n) is 3.85. The van der Waals surface area contributed by atoms with E-state index in [2.05, 4.69) is 20.9 Å². The number of aromatic amines is 1. The van der Waals surface area contributed by atoms with Crippen LogP contribution < -0.4 is 0 Å². The Balaban J connectivity index is 1.96. The summed E-state index contributed by atoms with van der Waals surface area (Å²) in [6.45, 7) is 0. The summed E-state index contributed by atoms with van der Waals surface area (Å²) in [7, 11) is -5.64. The van der Waals surface area contributed by atoms with Crippen molar-refractivity contribution in [2.75, 3.05) is 0 Å². The van der Waals surface area contributed by atoms with Gasteiger partial charge in [-0.3, -0.25) is 4.57 Å². The second-order valence-electron chi connectivity index (χ2n) is 5.58. The summed E-state index contributed by atoms with van der Waals surface area (Å²) in [5.74, 6) is -0.383. The lowest BCUT2D eigenvalue weighted by Crippen LogP contribution is -2.14. The van der Waals surface area contributed by atoms with Gasteiger partial charge in [-0.2, -0.15) is 8.78 Å². The molecule has 132 valence electrons. The molecule has 0 amide bonds. The van der Waals surface area contributed by atoms with E-state index in [0.29, 0.717) is 17.4 Å². The van der Waals surface area contributed by atoms with Gasteiger partial charge in [0.2, 0.25) is 0 Å². The van der Waals surface area contributed by atoms with Crippen LogP contribution in [0, 0.1) is 5.82 Å². The van der Waals surface area contributed by atoms with E-state index in [4.69, 9.17) is 9.79 Å². The molecule has 3 rings (SSSR count). The number of hydrogen-bond acceptors (Lipinski definition) is 1. The SMILES string of the molecule is O=P(O)(O)C(F)(F)c1ccc(Cc2c[nH]c3ccc(F)cc23)cc1Br. The minimum Gasteiger partial charge on any atom is -0.361 e. The highest BCUT2D eigenvalue weighted by Crippen LogP contribution is 2.60. The summed E-state index contributed by atoms with van der Waals surface area (Å²) in [5, 5.41) is 0.681. The second-order valence-corrected chi connectivity index (χ2v) is 8.08. The van der Waals surface area contributed by atoms with Gasteiger partial charge in [-0.15, -0.1) is 0 Å². The lowest BCUT2D eigenvalue weighted by Gasteiger charge is -2.19. The fourth-order valence-electron chi connectivity index (χ4n) is 2.59. The highest BCUT2D eigenvalue weighted by molar-refractivity contribution is 9.10. The van der Waals surface area contributed by atoms with Crippen molar-refractivity contribution in [3.8, 4) is 0 Å². The molecule has 0 fully saturated rings. The number of nitrogens with one attached hydrogen (secondary N) is 1. The van der Waals surface area contributed by atoms with Crippen molar-refractivity contribution in [3.63, 3.8) is 0 Å². The van der Waals surface area contributed by atoms with Crippen LogP contribution in [0.15, 0.2) is 47.1 Å². The number of H-pyrrole nitrogens is 1. The minimum absolute atomic E-state index is 0.107. The maximum Gasteiger partial charge on any atom is 0.399 e. The maximum atomic E-state index is 13.8. The first kappa shape index (κ1) is 18.2. The predicted octanol–water partition coefficient (Wildman–Crippen LogP) is 4.89. The summed E-state index contributed by atoms with van der Waals surface area (Å²) in [4.78, 5) is 20.7. The van der Waals surface area contributed by atoms with Crippen molar-refractivity contribution < 1.29 is 27.5 Å². The molecule has 25 heavy (non-hydrogen) atoms. The lowest BCUT2D eigenvalue weighted by atomic mass is 10.0. The molecule has 0 atom stereocenters. The average Bonchev–Trinajstić information content (AvgIpc) is 2.88. The molecule has 0 saturated carbocycles. The number of fused-ring (bicyclic) bond motifs is 1. The molecule has 3 N–H and O–H groups in total. The summed E-state index contributed by atoms with van der Waals surface area (Å²) >= 11 is 2.95. The van der Waals surface area contributed by atoms with E-state index in [1.807, 2.05) is 0 Å². The number of benzene rings is 2. The first-order valence-corrected chi connectivity index (χ1v) is 9.48. The average molecular weight is 434 g/mol. The Kier molecular flexibility index (Phi) is 4.58. The van der Waals surface area contributed by atoms with Crippen LogP contribution in [0.1, 0.15) is 16.7 Å². The molecule has 1 heterocycles. The van der Waals surface area contributed by atoms with E-state index in [1.54, 1.807) is 12.3 Å². The van der Waals surface area contributed by atoms with Gasteiger partial charge in [-0.1, -0.05) is 28.1 Å². The van der Waals surface area contributed by atoms with Gasteiger partial charge in [-0.05, 0) is 41.8 Å². The second kappa shape index (κ2) is 6.29. The topological polar surface area (TPSA) is 73.3 Å². The molecule has 9 heteroatoms. The predicted molar refractivity (Wildman–Crippen MR) is 91.1 cm³/mol. The third-order valence-corrected chi connectivity index (χ3v) is 5.48. The van der Waals surface area contributed by atoms with Gasteiger partial charge in [0, 0.05) is 27.1 Å². The summed E-state index contributed by atoms with van der Waals surface area (Å²) < 4.78 is 52.0. The number of halogens is 4. The minimum atomic E-state index is -5.64. The molecule has 1 aromatic heterocycles. The highest BCUT2D eigenvalue weighted by atomic mass is 79.9. The van der Waals surface area contributed by atoms with Crippen molar-refractivity contribution in [1.82, 2.24) is 4.98 Å². The van der Waals surface area contributed by atoms with Crippen molar-refractivity contribution >= 4 is 34.4 Å². The van der Waals surface area contributed by atoms with Crippen LogP contribution >= 0.6 is 23.5 Å². The first-order chi connectivity index (χ1) is 11.6. The Morgan fingerprint density at radius 1 is 1.16 bits per heavy atom. The quantitative estimate of drug-likeness (QED) is 0.513. The number of aromatic nitrogens is 1. The van der Waals surface area contributed by atoms with E-state index >= 15 is 0 Å². The zero-order chi connectivity index (χ0) is 18.4. The highest BCUT2D eigenvalue weighted by Gasteiger charge is 2.51. The molecule has 0 aliphatic heterocycles. The molecule has 0 aliphatic rings. The normalized spacial score (nSPS) is 12.7. The van der Waals surface area contributed by atoms with Crippen LogP contribution in [0.3, 0.4) is 0 Å². The smallest absolute Gasteiger partial charge is 0.361 e. The van der Waals surface area contributed by atoms with Gasteiger partial charge >= 0.3 is 13.3 Å². The van der Waals surface area contributed by atoms with Crippen molar-refractivity contribution in [2.45, 2.75) is 12.1 Å². The van der Waals surface area contributed by atoms with E-state index in [0.717, 1.165) is 17.1 Å². The first-order valence-electron chi connectivity index (χ1n) is 7.07. The largest absolute Gasteiger partial charge is 0.399 e. The van der Waals surface area contributed by atoms with Gasteiger partial charge in [0.05, 0.1) is 0 Å². The molecule has 0 unspecified atom stereocenters. The van der Waals surface area contributed by atoms with Crippen LogP contribution in [0.25, 0.3) is 10.9 Å². The molecular formula is C16H12BrF3NO3P. The Morgan fingerprint density at radius 2 is 1.88 bits per heavy atom. The van der Waals surface area contributed by atoms with E-state index in [1.165, 1.54) is 24.3 Å².